The Bertz CT molecular complexity index is 2590. The molecule has 2 unspecified atom stereocenters. The average Bonchev–Trinajstić information content (AvgIpc) is 3.72. The van der Waals surface area contributed by atoms with Gasteiger partial charge < -0.3 is 58.2 Å². The van der Waals surface area contributed by atoms with E-state index < -0.39 is 136 Å². The van der Waals surface area contributed by atoms with Crippen LogP contribution in [0.15, 0.2) is 59.6 Å². The topological polar surface area (TPSA) is 234 Å². The minimum atomic E-state index is -4.62. The highest BCUT2D eigenvalue weighted by Crippen LogP contribution is 2.42. The van der Waals surface area contributed by atoms with E-state index in [0.717, 1.165) is 40.7 Å². The summed E-state index contributed by atoms with van der Waals surface area (Å²) in [4.78, 5) is 30.5. The number of Topliss-reactive ketones (excluding diaryl/α,β-unsaturated/α-hetero) is 1. The van der Waals surface area contributed by atoms with Crippen LogP contribution in [-0.4, -0.2) is 162 Å². The first-order chi connectivity index (χ1) is 35.8. The van der Waals surface area contributed by atoms with Gasteiger partial charge in [0.15, 0.2) is 12.6 Å². The normalized spacial score (nSPS) is 37.4. The number of cyclic esters (lactones) is 1. The Morgan fingerprint density at radius 2 is 1.51 bits per heavy atom. The zero-order chi connectivity index (χ0) is 57.3. The van der Waals surface area contributed by atoms with Gasteiger partial charge in [-0.25, -0.2) is 13.1 Å². The SMILES string of the molecule is CC[C@H]1OC(=O)[C@H](C)[C@@H](OC2C[C@@](C)(OC)[C@@H](O)[C@H](C)O2)[C@H](C)[C@@H](O[C@@H]2O[C@H](C)CC(N(C)Cc3cn(CCNS(=O)(=O)c4ccc(C(F)(F)F)cc4)c4ccccc34)[C@H]2O)[C@](C)(OC)C[C@@H](C)C(=O)[C@H](C)[C@@H](O)[C@]1(C)O. The number of esters is 1. The van der Waals surface area contributed by atoms with E-state index in [-0.39, 0.29) is 43.0 Å². The summed E-state index contributed by atoms with van der Waals surface area (Å²) in [5, 5.41) is 47.9. The molecule has 3 aromatic rings. The first-order valence-corrected chi connectivity index (χ1v) is 28.0. The van der Waals surface area contributed by atoms with E-state index >= 15 is 0 Å². The first kappa shape index (κ1) is 62.6. The Morgan fingerprint density at radius 1 is 0.870 bits per heavy atom. The van der Waals surface area contributed by atoms with Crippen LogP contribution < -0.4 is 4.72 Å². The van der Waals surface area contributed by atoms with Crippen LogP contribution in [0.2, 0.25) is 0 Å². The number of carbonyl (C=O) groups is 2. The number of aliphatic hydroxyl groups excluding tert-OH is 3. The second-order valence-electron chi connectivity index (χ2n) is 22.4. The summed E-state index contributed by atoms with van der Waals surface area (Å²) in [6, 6.07) is 10.2. The standard InChI is InChI=1S/C55H82F3N3O15S/c1-14-42-54(10,67)47(64)32(4)44(62)30(2)26-53(9,71-13)49(33(5)46(34(6)50(66)74-42)75-43-27-52(8,70-12)48(65)35(7)73-43)76-51-45(63)41(25-31(3)72-51)60(11)28-36-29-61(40-18-16-15-17-39(36)40)24-23-59-77(68,69)38-21-19-37(20-22-38)55(56,57)58/h15-22,29-35,41-43,45-49,51,59,63-65,67H,14,23-28H2,1-13H3/t30-,31-,32+,33+,34-,35+,41?,42-,43?,45-,46+,47-,48+,49-,51+,52-,53-,54-/m1/s1. The summed E-state index contributed by atoms with van der Waals surface area (Å²) < 4.78 is 115. The van der Waals surface area contributed by atoms with Gasteiger partial charge in [0.05, 0.1) is 58.1 Å². The lowest BCUT2D eigenvalue weighted by Crippen LogP contribution is -2.61. The second-order valence-corrected chi connectivity index (χ2v) is 24.1. The summed E-state index contributed by atoms with van der Waals surface area (Å²) in [5.74, 6) is -5.06. The van der Waals surface area contributed by atoms with Crippen LogP contribution in [0.1, 0.15) is 106 Å². The first-order valence-electron chi connectivity index (χ1n) is 26.5. The molecule has 0 aliphatic carbocycles. The molecule has 3 aliphatic rings. The number of benzene rings is 2. The minimum absolute atomic E-state index is 0.00642. The monoisotopic (exact) mass is 1110 g/mol. The Balaban J connectivity index is 1.31. The number of methoxy groups -OCH3 is 2. The van der Waals surface area contributed by atoms with Crippen molar-refractivity contribution < 1.29 is 84.8 Å². The number of likely N-dealkylation sites (N-methyl/N-ethyl adjacent to an activating group) is 1. The summed E-state index contributed by atoms with van der Waals surface area (Å²) in [6.45, 7) is 17.1. The van der Waals surface area contributed by atoms with Gasteiger partial charge in [-0.3, -0.25) is 14.5 Å². The van der Waals surface area contributed by atoms with Gasteiger partial charge in [-0.05, 0) is 104 Å². The number of ether oxygens (including phenoxy) is 7. The van der Waals surface area contributed by atoms with Crippen molar-refractivity contribution in [2.75, 3.05) is 27.8 Å². The fourth-order valence-electron chi connectivity index (χ4n) is 11.7. The summed E-state index contributed by atoms with van der Waals surface area (Å²) in [7, 11) is 0.647. The van der Waals surface area contributed by atoms with Crippen LogP contribution >= 0.6 is 0 Å². The van der Waals surface area contributed by atoms with Crippen molar-refractivity contribution in [2.45, 2.75) is 203 Å². The third kappa shape index (κ3) is 13.6. The van der Waals surface area contributed by atoms with Gasteiger partial charge in [-0.2, -0.15) is 13.2 Å². The third-order valence-corrected chi connectivity index (χ3v) is 18.1. The molecule has 0 amide bonds. The molecule has 434 valence electrons. The lowest BCUT2D eigenvalue weighted by molar-refractivity contribution is -0.319. The molecule has 0 spiro atoms. The number of alkyl halides is 3. The number of hydrogen-bond donors (Lipinski definition) is 5. The number of hydrogen-bond acceptors (Lipinski definition) is 16. The van der Waals surface area contributed by atoms with E-state index in [0.29, 0.717) is 13.0 Å². The molecule has 18 nitrogen and oxygen atoms in total. The van der Waals surface area contributed by atoms with Gasteiger partial charge in [0.1, 0.15) is 29.7 Å². The zero-order valence-electron chi connectivity index (χ0n) is 46.5. The molecule has 22 heteroatoms. The predicted molar refractivity (Wildman–Crippen MR) is 277 cm³/mol. The molecule has 3 fully saturated rings. The van der Waals surface area contributed by atoms with Gasteiger partial charge in [-0.15, -0.1) is 0 Å². The third-order valence-electron chi connectivity index (χ3n) is 16.6. The number of aromatic nitrogens is 1. The van der Waals surface area contributed by atoms with Gasteiger partial charge in [0.25, 0.3) is 0 Å². The molecule has 77 heavy (non-hydrogen) atoms. The summed E-state index contributed by atoms with van der Waals surface area (Å²) >= 11 is 0. The number of ketones is 1. The molecule has 1 aromatic heterocycles. The van der Waals surface area contributed by atoms with E-state index in [2.05, 4.69) is 4.72 Å². The average molecular weight is 1110 g/mol. The Labute approximate surface area is 450 Å². The minimum Gasteiger partial charge on any atom is -0.459 e. The highest BCUT2D eigenvalue weighted by Gasteiger charge is 2.54. The maximum atomic E-state index is 14.5. The molecule has 5 N–H and O–H groups in total. The van der Waals surface area contributed by atoms with Crippen LogP contribution in [0.4, 0.5) is 13.2 Å². The number of fused-ring (bicyclic) bond motifs is 1. The van der Waals surface area contributed by atoms with E-state index in [1.807, 2.05) is 53.9 Å². The zero-order valence-corrected chi connectivity index (χ0v) is 47.3. The van der Waals surface area contributed by atoms with Gasteiger partial charge in [0, 0.05) is 81.2 Å². The number of nitrogens with zero attached hydrogens (tertiary/aromatic N) is 2. The molecule has 0 bridgehead atoms. The number of aliphatic hydroxyl groups is 4. The van der Waals surface area contributed by atoms with Crippen LogP contribution in [0, 0.1) is 23.7 Å². The number of halogens is 3. The van der Waals surface area contributed by atoms with Crippen molar-refractivity contribution in [2.24, 2.45) is 23.7 Å². The van der Waals surface area contributed by atoms with Crippen molar-refractivity contribution in [3.8, 4) is 0 Å². The molecule has 6 rings (SSSR count). The molecular formula is C55H82F3N3O15S. The van der Waals surface area contributed by atoms with Crippen molar-refractivity contribution in [3.63, 3.8) is 0 Å². The van der Waals surface area contributed by atoms with Gasteiger partial charge >= 0.3 is 12.1 Å². The van der Waals surface area contributed by atoms with E-state index in [4.69, 9.17) is 33.2 Å². The predicted octanol–water partition coefficient (Wildman–Crippen LogP) is 5.96. The van der Waals surface area contributed by atoms with Crippen molar-refractivity contribution in [3.05, 3.63) is 65.9 Å². The molecule has 18 atom stereocenters. The quantitative estimate of drug-likeness (QED) is 0.110. The molecule has 0 saturated carbocycles. The smallest absolute Gasteiger partial charge is 0.416 e. The van der Waals surface area contributed by atoms with Crippen molar-refractivity contribution in [1.29, 1.82) is 0 Å². The fraction of sp³-hybridized carbons (Fsp3) is 0.709. The molecule has 0 radical (unpaired) electrons. The second kappa shape index (κ2) is 24.6. The van der Waals surface area contributed by atoms with Crippen molar-refractivity contribution >= 4 is 32.7 Å². The Hall–Kier alpha value is -3.62. The lowest BCUT2D eigenvalue weighted by Gasteiger charge is -2.50. The number of nitrogens with one attached hydrogen (secondary N) is 1. The molecule has 4 heterocycles. The molecular weight excluding hydrogens is 1030 g/mol. The lowest BCUT2D eigenvalue weighted by atomic mass is 9.74. The van der Waals surface area contributed by atoms with Gasteiger partial charge in [0.2, 0.25) is 10.0 Å². The Morgan fingerprint density at radius 3 is 2.12 bits per heavy atom. The number of sulfonamides is 1. The van der Waals surface area contributed by atoms with Crippen molar-refractivity contribution in [1.82, 2.24) is 14.2 Å². The van der Waals surface area contributed by atoms with Gasteiger partial charge in [-0.1, -0.05) is 45.9 Å². The largest absolute Gasteiger partial charge is 0.459 e. The number of rotatable bonds is 15. The maximum Gasteiger partial charge on any atom is 0.416 e. The fourth-order valence-corrected chi connectivity index (χ4v) is 12.8. The number of para-hydroxylation sites is 1. The van der Waals surface area contributed by atoms with Crippen LogP contribution in [-0.2, 0) is 72.0 Å². The molecule has 3 aliphatic heterocycles. The van der Waals surface area contributed by atoms with Crippen LogP contribution in [0.25, 0.3) is 10.9 Å². The van der Waals surface area contributed by atoms with E-state index in [1.165, 1.54) is 28.1 Å². The maximum absolute atomic E-state index is 14.5. The highest BCUT2D eigenvalue weighted by molar-refractivity contribution is 7.89. The number of carbonyl (C=O) groups excluding carboxylic acids is 2. The van der Waals surface area contributed by atoms with Crippen LogP contribution in [0.5, 0.6) is 0 Å². The molecule has 3 saturated heterocycles. The molecule has 2 aromatic carbocycles. The summed E-state index contributed by atoms with van der Waals surface area (Å²) in [5.41, 5.74) is -3.87. The highest BCUT2D eigenvalue weighted by atomic mass is 32.2. The van der Waals surface area contributed by atoms with E-state index in [9.17, 15) is 51.6 Å². The van der Waals surface area contributed by atoms with Crippen LogP contribution in [0.3, 0.4) is 0 Å². The van der Waals surface area contributed by atoms with E-state index in [1.54, 1.807) is 48.5 Å². The Kier molecular flexibility index (Phi) is 20.0. The summed E-state index contributed by atoms with van der Waals surface area (Å²) in [6.07, 6.45) is -13.3.